The first kappa shape index (κ1) is 14.1. The summed E-state index contributed by atoms with van der Waals surface area (Å²) in [5.74, 6) is 0.452. The number of rotatable bonds is 5. The monoisotopic (exact) mass is 264 g/mol. The minimum absolute atomic E-state index is 0.0887. The molecule has 1 aliphatic heterocycles. The second-order valence-electron chi connectivity index (χ2n) is 5.70. The lowest BCUT2D eigenvalue weighted by Gasteiger charge is -2.30. The van der Waals surface area contributed by atoms with Crippen LogP contribution < -0.4 is 5.32 Å². The standard InChI is InChI=1S/C14H24N4O/c1-10(2)13(18-6-4-5-7-18)9-15-14(19)12-8-11(3)16-17-12/h8,10,13H,4-7,9H2,1-3H3,(H,15,19)(H,16,17). The molecular formula is C14H24N4O. The predicted molar refractivity (Wildman–Crippen MR) is 75.1 cm³/mol. The highest BCUT2D eigenvalue weighted by Gasteiger charge is 2.25. The quantitative estimate of drug-likeness (QED) is 0.848. The van der Waals surface area contributed by atoms with Gasteiger partial charge in [-0.2, -0.15) is 5.10 Å². The van der Waals surface area contributed by atoms with E-state index in [2.05, 4.69) is 34.3 Å². The van der Waals surface area contributed by atoms with E-state index in [1.54, 1.807) is 6.07 Å². The first-order valence-corrected chi connectivity index (χ1v) is 7.12. The van der Waals surface area contributed by atoms with Gasteiger partial charge in [0.1, 0.15) is 5.69 Å². The molecule has 1 aromatic rings. The Morgan fingerprint density at radius 2 is 2.16 bits per heavy atom. The van der Waals surface area contributed by atoms with E-state index in [1.807, 2.05) is 6.92 Å². The summed E-state index contributed by atoms with van der Waals surface area (Å²) in [6.07, 6.45) is 2.55. The molecule has 5 nitrogen and oxygen atoms in total. The molecule has 2 N–H and O–H groups in total. The third-order valence-electron chi connectivity index (χ3n) is 3.79. The first-order chi connectivity index (χ1) is 9.08. The van der Waals surface area contributed by atoms with Crippen molar-refractivity contribution in [2.75, 3.05) is 19.6 Å². The van der Waals surface area contributed by atoms with E-state index in [-0.39, 0.29) is 5.91 Å². The molecule has 2 rings (SSSR count). The Hall–Kier alpha value is -1.36. The number of aromatic nitrogens is 2. The fraction of sp³-hybridized carbons (Fsp3) is 0.714. The molecule has 106 valence electrons. The molecule has 19 heavy (non-hydrogen) atoms. The van der Waals surface area contributed by atoms with Gasteiger partial charge in [0, 0.05) is 18.3 Å². The molecule has 0 bridgehead atoms. The van der Waals surface area contributed by atoms with Crippen LogP contribution in [0.4, 0.5) is 0 Å². The molecule has 0 spiro atoms. The average Bonchev–Trinajstić information content (AvgIpc) is 3.00. The smallest absolute Gasteiger partial charge is 0.271 e. The highest BCUT2D eigenvalue weighted by Crippen LogP contribution is 2.17. The highest BCUT2D eigenvalue weighted by molar-refractivity contribution is 5.92. The Morgan fingerprint density at radius 3 is 2.68 bits per heavy atom. The lowest BCUT2D eigenvalue weighted by Crippen LogP contribution is -2.45. The zero-order chi connectivity index (χ0) is 13.8. The second kappa shape index (κ2) is 6.19. The number of aromatic amines is 1. The topological polar surface area (TPSA) is 61.0 Å². The maximum atomic E-state index is 12.0. The van der Waals surface area contributed by atoms with Gasteiger partial charge in [-0.05, 0) is 44.8 Å². The number of carbonyl (C=O) groups is 1. The number of hydrogen-bond acceptors (Lipinski definition) is 3. The first-order valence-electron chi connectivity index (χ1n) is 7.12. The minimum atomic E-state index is -0.0887. The number of nitrogens with one attached hydrogen (secondary N) is 2. The lowest BCUT2D eigenvalue weighted by molar-refractivity contribution is 0.0922. The SMILES string of the molecule is Cc1cc(C(=O)NCC(C(C)C)N2CCCC2)n[nH]1. The van der Waals surface area contributed by atoms with Gasteiger partial charge in [0.05, 0.1) is 0 Å². The van der Waals surface area contributed by atoms with Gasteiger partial charge in [0.2, 0.25) is 0 Å². The fourth-order valence-electron chi connectivity index (χ4n) is 2.68. The Kier molecular flexibility index (Phi) is 4.58. The maximum absolute atomic E-state index is 12.0. The van der Waals surface area contributed by atoms with Gasteiger partial charge in [-0.25, -0.2) is 0 Å². The molecule has 5 heteroatoms. The number of aryl methyl sites for hydroxylation is 1. The number of carbonyl (C=O) groups excluding carboxylic acids is 1. The summed E-state index contributed by atoms with van der Waals surface area (Å²) in [5, 5.41) is 9.79. The fourth-order valence-corrected chi connectivity index (χ4v) is 2.68. The molecule has 1 atom stereocenters. The van der Waals surface area contributed by atoms with Gasteiger partial charge in [0.25, 0.3) is 5.91 Å². The van der Waals surface area contributed by atoms with Crippen molar-refractivity contribution in [2.45, 2.75) is 39.7 Å². The van der Waals surface area contributed by atoms with E-state index in [0.29, 0.717) is 24.2 Å². The van der Waals surface area contributed by atoms with Crippen molar-refractivity contribution < 1.29 is 4.79 Å². The third-order valence-corrected chi connectivity index (χ3v) is 3.79. The number of hydrogen-bond donors (Lipinski definition) is 2. The van der Waals surface area contributed by atoms with Crippen molar-refractivity contribution in [3.63, 3.8) is 0 Å². The van der Waals surface area contributed by atoms with Crippen molar-refractivity contribution in [1.82, 2.24) is 20.4 Å². The minimum Gasteiger partial charge on any atom is -0.349 e. The summed E-state index contributed by atoms with van der Waals surface area (Å²) in [6, 6.07) is 2.20. The van der Waals surface area contributed by atoms with Gasteiger partial charge < -0.3 is 5.32 Å². The normalized spacial score (nSPS) is 17.9. The van der Waals surface area contributed by atoms with Crippen LogP contribution in [0.2, 0.25) is 0 Å². The van der Waals surface area contributed by atoms with Crippen LogP contribution in [0.15, 0.2) is 6.07 Å². The Bertz CT molecular complexity index is 421. The molecule has 0 radical (unpaired) electrons. The molecule has 0 saturated carbocycles. The Labute approximate surface area is 114 Å². The van der Waals surface area contributed by atoms with E-state index >= 15 is 0 Å². The molecule has 1 amide bonds. The number of amides is 1. The molecule has 1 fully saturated rings. The zero-order valence-corrected chi connectivity index (χ0v) is 12.1. The summed E-state index contributed by atoms with van der Waals surface area (Å²) in [5.41, 5.74) is 1.38. The van der Waals surface area contributed by atoms with Gasteiger partial charge in [0.15, 0.2) is 0 Å². The van der Waals surface area contributed by atoms with Crippen LogP contribution in [-0.4, -0.2) is 46.7 Å². The van der Waals surface area contributed by atoms with Crippen molar-refractivity contribution in [3.8, 4) is 0 Å². The Morgan fingerprint density at radius 1 is 1.47 bits per heavy atom. The van der Waals surface area contributed by atoms with Crippen molar-refractivity contribution >= 4 is 5.91 Å². The van der Waals surface area contributed by atoms with Crippen LogP contribution in [0.25, 0.3) is 0 Å². The van der Waals surface area contributed by atoms with Crippen LogP contribution in [0.1, 0.15) is 42.9 Å². The van der Waals surface area contributed by atoms with Crippen molar-refractivity contribution in [1.29, 1.82) is 0 Å². The van der Waals surface area contributed by atoms with E-state index in [4.69, 9.17) is 0 Å². The molecule has 0 aliphatic carbocycles. The summed E-state index contributed by atoms with van der Waals surface area (Å²) in [6.45, 7) is 9.33. The molecule has 1 saturated heterocycles. The van der Waals surface area contributed by atoms with E-state index in [1.165, 1.54) is 12.8 Å². The third kappa shape index (κ3) is 3.56. The van der Waals surface area contributed by atoms with Crippen LogP contribution in [-0.2, 0) is 0 Å². The largest absolute Gasteiger partial charge is 0.349 e. The average molecular weight is 264 g/mol. The highest BCUT2D eigenvalue weighted by atomic mass is 16.1. The molecule has 1 unspecified atom stereocenters. The van der Waals surface area contributed by atoms with E-state index in [0.717, 1.165) is 18.8 Å². The molecule has 2 heterocycles. The van der Waals surface area contributed by atoms with Gasteiger partial charge in [-0.1, -0.05) is 13.8 Å². The van der Waals surface area contributed by atoms with Crippen LogP contribution in [0.3, 0.4) is 0 Å². The molecule has 0 aromatic carbocycles. The van der Waals surface area contributed by atoms with Gasteiger partial charge >= 0.3 is 0 Å². The molecule has 1 aromatic heterocycles. The lowest BCUT2D eigenvalue weighted by atomic mass is 10.0. The van der Waals surface area contributed by atoms with E-state index in [9.17, 15) is 4.79 Å². The zero-order valence-electron chi connectivity index (χ0n) is 12.1. The summed E-state index contributed by atoms with van der Waals surface area (Å²) in [4.78, 5) is 14.5. The van der Waals surface area contributed by atoms with Crippen LogP contribution in [0, 0.1) is 12.8 Å². The number of nitrogens with zero attached hydrogens (tertiary/aromatic N) is 2. The van der Waals surface area contributed by atoms with Crippen LogP contribution >= 0.6 is 0 Å². The van der Waals surface area contributed by atoms with Gasteiger partial charge in [-0.15, -0.1) is 0 Å². The Balaban J connectivity index is 1.89. The second-order valence-corrected chi connectivity index (χ2v) is 5.70. The number of H-pyrrole nitrogens is 1. The van der Waals surface area contributed by atoms with Crippen molar-refractivity contribution in [2.24, 2.45) is 5.92 Å². The van der Waals surface area contributed by atoms with Crippen LogP contribution in [0.5, 0.6) is 0 Å². The molecule has 1 aliphatic rings. The summed E-state index contributed by atoms with van der Waals surface area (Å²) < 4.78 is 0. The summed E-state index contributed by atoms with van der Waals surface area (Å²) in [7, 11) is 0. The number of likely N-dealkylation sites (tertiary alicyclic amines) is 1. The molecular weight excluding hydrogens is 240 g/mol. The van der Waals surface area contributed by atoms with Gasteiger partial charge in [-0.3, -0.25) is 14.8 Å². The van der Waals surface area contributed by atoms with E-state index < -0.39 is 0 Å². The van der Waals surface area contributed by atoms with Crippen molar-refractivity contribution in [3.05, 3.63) is 17.5 Å². The maximum Gasteiger partial charge on any atom is 0.271 e. The predicted octanol–water partition coefficient (Wildman–Crippen LogP) is 1.57. The summed E-state index contributed by atoms with van der Waals surface area (Å²) >= 11 is 0.